The molecule has 0 amide bonds. The van der Waals surface area contributed by atoms with Gasteiger partial charge < -0.3 is 10.1 Å². The summed E-state index contributed by atoms with van der Waals surface area (Å²) in [6, 6.07) is 12.0. The van der Waals surface area contributed by atoms with E-state index in [2.05, 4.69) is 5.32 Å². The van der Waals surface area contributed by atoms with Gasteiger partial charge in [0.2, 0.25) is 0 Å². The standard InChI is InChI=1S/C17H17N3O6/c21-17(26-12-13-7-9-14(10-8-13)19(22)23)6-3-11-18-15-4-1-2-5-16(15)20(24)25/h1-2,4-5,7-10,18H,3,6,11-12H2. The van der Waals surface area contributed by atoms with E-state index < -0.39 is 15.8 Å². The second-order valence-electron chi connectivity index (χ2n) is 5.39. The molecule has 0 heterocycles. The average Bonchev–Trinajstić information content (AvgIpc) is 2.64. The van der Waals surface area contributed by atoms with Crippen molar-refractivity contribution in [3.8, 4) is 0 Å². The molecule has 0 unspecified atom stereocenters. The topological polar surface area (TPSA) is 125 Å². The minimum atomic E-state index is -0.500. The highest BCUT2D eigenvalue weighted by atomic mass is 16.6. The molecule has 0 atom stereocenters. The summed E-state index contributed by atoms with van der Waals surface area (Å²) in [7, 11) is 0. The van der Waals surface area contributed by atoms with Gasteiger partial charge in [-0.25, -0.2) is 0 Å². The van der Waals surface area contributed by atoms with E-state index in [9.17, 15) is 25.0 Å². The zero-order chi connectivity index (χ0) is 18.9. The van der Waals surface area contributed by atoms with Crippen LogP contribution in [0.15, 0.2) is 48.5 Å². The maximum atomic E-state index is 11.7. The van der Waals surface area contributed by atoms with Crippen LogP contribution in [-0.2, 0) is 16.1 Å². The molecule has 0 fully saturated rings. The lowest BCUT2D eigenvalue weighted by Gasteiger charge is -2.07. The van der Waals surface area contributed by atoms with Gasteiger partial charge in [0.05, 0.1) is 9.85 Å². The molecule has 0 spiro atoms. The normalized spacial score (nSPS) is 10.2. The van der Waals surface area contributed by atoms with Crippen molar-refractivity contribution in [3.05, 3.63) is 74.3 Å². The molecule has 9 heteroatoms. The van der Waals surface area contributed by atoms with Crippen molar-refractivity contribution in [1.82, 2.24) is 0 Å². The first-order chi connectivity index (χ1) is 12.5. The molecule has 0 aliphatic carbocycles. The predicted molar refractivity (Wildman–Crippen MR) is 93.7 cm³/mol. The summed E-state index contributed by atoms with van der Waals surface area (Å²) in [5.74, 6) is -0.410. The highest BCUT2D eigenvalue weighted by Crippen LogP contribution is 2.23. The van der Waals surface area contributed by atoms with Crippen molar-refractivity contribution in [2.24, 2.45) is 0 Å². The van der Waals surface area contributed by atoms with Gasteiger partial charge in [0.1, 0.15) is 12.3 Å². The number of nitro groups is 2. The van der Waals surface area contributed by atoms with Crippen molar-refractivity contribution in [2.75, 3.05) is 11.9 Å². The summed E-state index contributed by atoms with van der Waals surface area (Å²) >= 11 is 0. The van der Waals surface area contributed by atoms with E-state index in [1.807, 2.05) is 0 Å². The lowest BCUT2D eigenvalue weighted by Crippen LogP contribution is -2.09. The number of nitrogens with zero attached hydrogens (tertiary/aromatic N) is 2. The van der Waals surface area contributed by atoms with Gasteiger partial charge >= 0.3 is 5.97 Å². The van der Waals surface area contributed by atoms with Crippen LogP contribution in [0.5, 0.6) is 0 Å². The molecule has 26 heavy (non-hydrogen) atoms. The predicted octanol–water partition coefficient (Wildman–Crippen LogP) is 3.44. The number of benzene rings is 2. The molecule has 2 aromatic rings. The van der Waals surface area contributed by atoms with Crippen LogP contribution < -0.4 is 5.32 Å². The molecule has 0 bridgehead atoms. The first-order valence-corrected chi connectivity index (χ1v) is 7.83. The molecule has 9 nitrogen and oxygen atoms in total. The number of hydrogen-bond donors (Lipinski definition) is 1. The molecule has 0 aromatic heterocycles. The number of carbonyl (C=O) groups excluding carboxylic acids is 1. The Kier molecular flexibility index (Phi) is 6.60. The number of rotatable bonds is 9. The quantitative estimate of drug-likeness (QED) is 0.315. The van der Waals surface area contributed by atoms with Gasteiger partial charge in [-0.2, -0.15) is 0 Å². The van der Waals surface area contributed by atoms with E-state index >= 15 is 0 Å². The smallest absolute Gasteiger partial charge is 0.306 e. The summed E-state index contributed by atoms with van der Waals surface area (Å²) in [5.41, 5.74) is 1.01. The van der Waals surface area contributed by atoms with Crippen molar-refractivity contribution < 1.29 is 19.4 Å². The molecule has 2 rings (SSSR count). The first kappa shape index (κ1) is 18.8. The molecule has 0 aliphatic rings. The van der Waals surface area contributed by atoms with E-state index in [0.29, 0.717) is 24.2 Å². The number of para-hydroxylation sites is 2. The van der Waals surface area contributed by atoms with Gasteiger partial charge in [0.25, 0.3) is 11.4 Å². The largest absolute Gasteiger partial charge is 0.461 e. The van der Waals surface area contributed by atoms with Crippen LogP contribution in [0.25, 0.3) is 0 Å². The zero-order valence-corrected chi connectivity index (χ0v) is 13.8. The number of hydrogen-bond acceptors (Lipinski definition) is 7. The van der Waals surface area contributed by atoms with Gasteiger partial charge in [-0.05, 0) is 30.2 Å². The number of carbonyl (C=O) groups is 1. The third-order valence-corrected chi connectivity index (χ3v) is 3.52. The number of nitrogens with one attached hydrogen (secondary N) is 1. The van der Waals surface area contributed by atoms with Gasteiger partial charge in [-0.15, -0.1) is 0 Å². The molecule has 0 saturated heterocycles. The SMILES string of the molecule is O=C(CCCNc1ccccc1[N+](=O)[O-])OCc1ccc([N+](=O)[O-])cc1. The second-order valence-corrected chi connectivity index (χ2v) is 5.39. The average molecular weight is 359 g/mol. The fraction of sp³-hybridized carbons (Fsp3) is 0.235. The second kappa shape index (κ2) is 9.11. The van der Waals surface area contributed by atoms with Crippen molar-refractivity contribution >= 4 is 23.0 Å². The van der Waals surface area contributed by atoms with E-state index in [1.165, 1.54) is 30.3 Å². The van der Waals surface area contributed by atoms with Crippen molar-refractivity contribution in [1.29, 1.82) is 0 Å². The Bertz CT molecular complexity index is 791. The van der Waals surface area contributed by atoms with Gasteiger partial charge in [0.15, 0.2) is 0 Å². The first-order valence-electron chi connectivity index (χ1n) is 7.83. The Hall–Kier alpha value is -3.49. The van der Waals surface area contributed by atoms with E-state index in [4.69, 9.17) is 4.74 Å². The number of esters is 1. The van der Waals surface area contributed by atoms with Crippen LogP contribution in [0.1, 0.15) is 18.4 Å². The summed E-state index contributed by atoms with van der Waals surface area (Å²) in [6.07, 6.45) is 0.603. The fourth-order valence-corrected chi connectivity index (χ4v) is 2.19. The fourth-order valence-electron chi connectivity index (χ4n) is 2.19. The van der Waals surface area contributed by atoms with Crippen LogP contribution in [0.4, 0.5) is 17.1 Å². The lowest BCUT2D eigenvalue weighted by molar-refractivity contribution is -0.384. The molecule has 0 aliphatic heterocycles. The van der Waals surface area contributed by atoms with Crippen molar-refractivity contribution in [2.45, 2.75) is 19.4 Å². The van der Waals surface area contributed by atoms with Crippen LogP contribution in [-0.4, -0.2) is 22.4 Å². The Labute approximate surface area is 148 Å². The highest BCUT2D eigenvalue weighted by Gasteiger charge is 2.12. The number of non-ortho nitro benzene ring substituents is 1. The summed E-state index contributed by atoms with van der Waals surface area (Å²) in [6.45, 7) is 0.423. The zero-order valence-electron chi connectivity index (χ0n) is 13.8. The Morgan fingerprint density at radius 3 is 2.35 bits per heavy atom. The van der Waals surface area contributed by atoms with Crippen LogP contribution in [0.2, 0.25) is 0 Å². The number of anilines is 1. The summed E-state index contributed by atoms with van der Waals surface area (Å²) in [4.78, 5) is 32.2. The summed E-state index contributed by atoms with van der Waals surface area (Å²) in [5, 5.41) is 24.4. The minimum Gasteiger partial charge on any atom is -0.461 e. The Balaban J connectivity index is 1.71. The molecule has 0 saturated carbocycles. The van der Waals surface area contributed by atoms with Crippen LogP contribution in [0.3, 0.4) is 0 Å². The maximum absolute atomic E-state index is 11.7. The summed E-state index contributed by atoms with van der Waals surface area (Å²) < 4.78 is 5.10. The molecule has 0 radical (unpaired) electrons. The molecule has 136 valence electrons. The third-order valence-electron chi connectivity index (χ3n) is 3.52. The third kappa shape index (κ3) is 5.55. The molecule has 1 N–H and O–H groups in total. The lowest BCUT2D eigenvalue weighted by atomic mass is 10.2. The number of ether oxygens (including phenoxy) is 1. The van der Waals surface area contributed by atoms with Gasteiger partial charge in [0, 0.05) is 31.2 Å². The maximum Gasteiger partial charge on any atom is 0.306 e. The van der Waals surface area contributed by atoms with E-state index in [1.54, 1.807) is 18.2 Å². The van der Waals surface area contributed by atoms with Gasteiger partial charge in [-0.3, -0.25) is 25.0 Å². The molecular weight excluding hydrogens is 342 g/mol. The highest BCUT2D eigenvalue weighted by molar-refractivity contribution is 5.69. The monoisotopic (exact) mass is 359 g/mol. The molecular formula is C17H17N3O6. The van der Waals surface area contributed by atoms with E-state index in [-0.39, 0.29) is 24.4 Å². The van der Waals surface area contributed by atoms with Gasteiger partial charge in [-0.1, -0.05) is 12.1 Å². The minimum absolute atomic E-state index is 0.0201. The Morgan fingerprint density at radius 1 is 1.00 bits per heavy atom. The molecule has 2 aromatic carbocycles. The van der Waals surface area contributed by atoms with E-state index in [0.717, 1.165) is 0 Å². The van der Waals surface area contributed by atoms with Crippen molar-refractivity contribution in [3.63, 3.8) is 0 Å². The van der Waals surface area contributed by atoms with Crippen LogP contribution >= 0.6 is 0 Å². The Morgan fingerprint density at radius 2 is 1.69 bits per heavy atom. The van der Waals surface area contributed by atoms with Crippen LogP contribution in [0, 0.1) is 20.2 Å². The number of nitro benzene ring substituents is 2.